The first-order valence-electron chi connectivity index (χ1n) is 23.2. The average molecular weight is 928 g/mol. The van der Waals surface area contributed by atoms with E-state index in [1.54, 1.807) is 18.4 Å². The van der Waals surface area contributed by atoms with E-state index in [1.807, 2.05) is 81.7 Å². The number of hydrogen-bond donors (Lipinski definition) is 3. The molecule has 5 aromatic rings. The molecule has 1 aromatic heterocycles. The number of carbonyl (C=O) groups excluding carboxylic acids is 4. The second-order valence-corrected chi connectivity index (χ2v) is 19.0. The number of aliphatic hydroxyl groups is 1. The van der Waals surface area contributed by atoms with Gasteiger partial charge in [-0.2, -0.15) is 0 Å². The molecule has 1 fully saturated rings. The van der Waals surface area contributed by atoms with Crippen LogP contribution in [0.1, 0.15) is 94.2 Å². The number of nitrogens with zero attached hydrogens (tertiary/aromatic N) is 3. The lowest BCUT2D eigenvalue weighted by Crippen LogP contribution is -2.57. The number of unbranched alkanes of at least 4 members (excludes halogenated alkanes) is 2. The minimum Gasteiger partial charge on any atom is -0.492 e. The van der Waals surface area contributed by atoms with Crippen molar-refractivity contribution in [3.8, 4) is 16.2 Å². The normalized spacial score (nSPS) is 15.6. The van der Waals surface area contributed by atoms with Crippen molar-refractivity contribution >= 4 is 46.3 Å². The summed E-state index contributed by atoms with van der Waals surface area (Å²) in [5.74, 6) is -0.347. The third-order valence-electron chi connectivity index (χ3n) is 12.0. The van der Waals surface area contributed by atoms with Crippen LogP contribution in [-0.2, 0) is 25.7 Å². The van der Waals surface area contributed by atoms with Crippen LogP contribution in [0.3, 0.4) is 0 Å². The first-order valence-corrected chi connectivity index (χ1v) is 24.1. The van der Waals surface area contributed by atoms with Gasteiger partial charge in [0.15, 0.2) is 0 Å². The van der Waals surface area contributed by atoms with Crippen molar-refractivity contribution < 1.29 is 33.8 Å². The van der Waals surface area contributed by atoms with E-state index in [1.165, 1.54) is 26.5 Å². The average Bonchev–Trinajstić information content (AvgIpc) is 3.95. The summed E-state index contributed by atoms with van der Waals surface area (Å²) in [6, 6.07) is 35.0. The molecule has 1 aliphatic heterocycles. The van der Waals surface area contributed by atoms with Crippen molar-refractivity contribution in [2.24, 2.45) is 5.41 Å². The fourth-order valence-electron chi connectivity index (χ4n) is 8.24. The fraction of sp³-hybridized carbons (Fsp3) is 0.389. The first kappa shape index (κ1) is 50.1. The molecule has 3 atom stereocenters. The zero-order valence-electron chi connectivity index (χ0n) is 39.6. The molecule has 4 aromatic carbocycles. The fourth-order valence-corrected chi connectivity index (χ4v) is 9.05. The Balaban J connectivity index is 0.900. The zero-order valence-corrected chi connectivity index (χ0v) is 40.4. The molecule has 0 aliphatic carbocycles. The van der Waals surface area contributed by atoms with Crippen LogP contribution in [0.5, 0.6) is 5.75 Å². The molecule has 0 saturated carbocycles. The molecule has 4 amide bonds. The number of likely N-dealkylation sites (tertiary alicyclic amines) is 1. The Labute approximate surface area is 399 Å². The molecule has 2 heterocycles. The maximum Gasteiger partial charge on any atom is 0.409 e. The number of carbonyl (C=O) groups is 4. The molecule has 0 radical (unpaired) electrons. The molecule has 0 spiro atoms. The van der Waals surface area contributed by atoms with Crippen molar-refractivity contribution in [3.05, 3.63) is 143 Å². The number of thiazole rings is 1. The van der Waals surface area contributed by atoms with E-state index < -0.39 is 35.6 Å². The number of benzene rings is 4. The standard InChI is InChI=1S/C54H65N5O7S/c1-7-45(39-17-11-8-12-18-39)48(40-19-13-9-14-20-40)41-26-28-44(29-27-41)65-32-30-58(6)53(64)66-31-16-10-15-21-47(61)57-50(54(3,4)5)52(63)59-35-43(60)33-46(59)51(62)55-34-38-22-24-42(25-23-38)49-37(2)56-36-67-49/h8-9,11-14,17-20,22-29,36,43,46,50,60H,7,10,15-16,21,30-35H2,1-6H3,(H,55,62)(H,57,61)/b48-45-/t43-,46+,50-/m1/s1. The van der Waals surface area contributed by atoms with E-state index in [4.69, 9.17) is 9.47 Å². The Morgan fingerprint density at radius 1 is 0.866 bits per heavy atom. The number of amides is 4. The van der Waals surface area contributed by atoms with Crippen molar-refractivity contribution in [1.82, 2.24) is 25.4 Å². The van der Waals surface area contributed by atoms with Gasteiger partial charge in [0.2, 0.25) is 17.7 Å². The van der Waals surface area contributed by atoms with Gasteiger partial charge in [-0.25, -0.2) is 9.78 Å². The molecule has 0 unspecified atom stereocenters. The molecule has 13 heteroatoms. The lowest BCUT2D eigenvalue weighted by atomic mass is 9.85. The summed E-state index contributed by atoms with van der Waals surface area (Å²) in [5.41, 5.74) is 9.95. The van der Waals surface area contributed by atoms with Gasteiger partial charge in [-0.05, 0) is 89.1 Å². The summed E-state index contributed by atoms with van der Waals surface area (Å²) in [7, 11) is 1.67. The highest BCUT2D eigenvalue weighted by Crippen LogP contribution is 2.35. The monoisotopic (exact) mass is 927 g/mol. The molecule has 3 N–H and O–H groups in total. The minimum absolute atomic E-state index is 0.000997. The molecule has 6 rings (SSSR count). The third kappa shape index (κ3) is 13.9. The van der Waals surface area contributed by atoms with Crippen LogP contribution < -0.4 is 15.4 Å². The summed E-state index contributed by atoms with van der Waals surface area (Å²) < 4.78 is 11.5. The number of aliphatic hydroxyl groups excluding tert-OH is 1. The van der Waals surface area contributed by atoms with Gasteiger partial charge in [-0.1, -0.05) is 125 Å². The number of β-amino-alcohol motifs (C(OH)–C–C–N with tert-alkyl or cyclic N) is 1. The quantitative estimate of drug-likeness (QED) is 0.0517. The summed E-state index contributed by atoms with van der Waals surface area (Å²) in [6.07, 6.45) is 1.58. The number of ether oxygens (including phenoxy) is 2. The predicted molar refractivity (Wildman–Crippen MR) is 265 cm³/mol. The van der Waals surface area contributed by atoms with Gasteiger partial charge in [0.25, 0.3) is 0 Å². The van der Waals surface area contributed by atoms with Gasteiger partial charge < -0.3 is 35.0 Å². The van der Waals surface area contributed by atoms with Gasteiger partial charge in [0, 0.05) is 33.0 Å². The molecule has 67 heavy (non-hydrogen) atoms. The Bertz CT molecular complexity index is 2430. The first-order chi connectivity index (χ1) is 32.2. The number of aromatic nitrogens is 1. The third-order valence-corrected chi connectivity index (χ3v) is 13.0. The molecule has 354 valence electrons. The van der Waals surface area contributed by atoms with E-state index in [2.05, 4.69) is 83.2 Å². The minimum atomic E-state index is -0.910. The summed E-state index contributed by atoms with van der Waals surface area (Å²) in [4.78, 5) is 61.7. The van der Waals surface area contributed by atoms with Gasteiger partial charge in [0.05, 0.1) is 35.3 Å². The number of likely N-dealkylation sites (N-methyl/N-ethyl adjacent to an activating group) is 1. The number of nitrogens with one attached hydrogen (secondary N) is 2. The van der Waals surface area contributed by atoms with Gasteiger partial charge >= 0.3 is 6.09 Å². The van der Waals surface area contributed by atoms with Crippen LogP contribution in [0, 0.1) is 12.3 Å². The van der Waals surface area contributed by atoms with Crippen LogP contribution in [0.4, 0.5) is 4.79 Å². The second-order valence-electron chi connectivity index (χ2n) is 18.1. The summed E-state index contributed by atoms with van der Waals surface area (Å²) in [5, 5.41) is 16.4. The van der Waals surface area contributed by atoms with Gasteiger partial charge in [-0.3, -0.25) is 14.4 Å². The summed E-state index contributed by atoms with van der Waals surface area (Å²) >= 11 is 1.58. The Kier molecular flexibility index (Phi) is 17.9. The summed E-state index contributed by atoms with van der Waals surface area (Å²) in [6.45, 7) is 10.8. The Hall–Kier alpha value is -6.31. The van der Waals surface area contributed by atoms with Crippen molar-refractivity contribution in [2.45, 2.75) is 97.9 Å². The number of rotatable bonds is 20. The number of allylic oxidation sites excluding steroid dienone is 1. The van der Waals surface area contributed by atoms with Crippen molar-refractivity contribution in [3.63, 3.8) is 0 Å². The lowest BCUT2D eigenvalue weighted by Gasteiger charge is -2.35. The molecular weight excluding hydrogens is 863 g/mol. The highest BCUT2D eigenvalue weighted by molar-refractivity contribution is 7.13. The van der Waals surface area contributed by atoms with Crippen LogP contribution in [0.2, 0.25) is 0 Å². The topological polar surface area (TPSA) is 150 Å². The van der Waals surface area contributed by atoms with Crippen LogP contribution in [0.15, 0.2) is 115 Å². The molecule has 1 aliphatic rings. The van der Waals surface area contributed by atoms with E-state index in [9.17, 15) is 24.3 Å². The largest absolute Gasteiger partial charge is 0.492 e. The molecule has 0 bridgehead atoms. The SMILES string of the molecule is CC/C(=C(\c1ccccc1)c1ccc(OCCN(C)C(=O)OCCCCCC(=O)N[C@H](C(=O)N2C[C@H](O)C[C@H]2C(=O)NCc2ccc(-c3scnc3C)cc2)C(C)(C)C)cc1)c1ccccc1. The van der Waals surface area contributed by atoms with Gasteiger partial charge in [-0.15, -0.1) is 11.3 Å². The smallest absolute Gasteiger partial charge is 0.409 e. The van der Waals surface area contributed by atoms with Crippen LogP contribution in [0.25, 0.3) is 21.6 Å². The zero-order chi connectivity index (χ0) is 47.9. The van der Waals surface area contributed by atoms with E-state index >= 15 is 0 Å². The predicted octanol–water partition coefficient (Wildman–Crippen LogP) is 9.30. The Morgan fingerprint density at radius 2 is 1.52 bits per heavy atom. The maximum absolute atomic E-state index is 14.0. The molecule has 12 nitrogen and oxygen atoms in total. The van der Waals surface area contributed by atoms with Crippen LogP contribution in [-0.4, -0.2) is 95.2 Å². The number of aryl methyl sites for hydroxylation is 1. The maximum atomic E-state index is 14.0. The van der Waals surface area contributed by atoms with Gasteiger partial charge in [0.1, 0.15) is 24.4 Å². The van der Waals surface area contributed by atoms with Crippen LogP contribution >= 0.6 is 11.3 Å². The highest BCUT2D eigenvalue weighted by Gasteiger charge is 2.44. The van der Waals surface area contributed by atoms with Crippen molar-refractivity contribution in [1.29, 1.82) is 0 Å². The second kappa shape index (κ2) is 23.9. The van der Waals surface area contributed by atoms with E-state index in [0.717, 1.165) is 39.2 Å². The van der Waals surface area contributed by atoms with E-state index in [-0.39, 0.29) is 44.4 Å². The molecular formula is C54H65N5O7S. The van der Waals surface area contributed by atoms with E-state index in [0.29, 0.717) is 38.2 Å². The lowest BCUT2D eigenvalue weighted by molar-refractivity contribution is -0.144. The number of hydrogen-bond acceptors (Lipinski definition) is 9. The Morgan fingerprint density at radius 3 is 2.15 bits per heavy atom. The highest BCUT2D eigenvalue weighted by atomic mass is 32.1. The van der Waals surface area contributed by atoms with Crippen molar-refractivity contribution in [2.75, 3.05) is 33.4 Å². The molecule has 1 saturated heterocycles.